The van der Waals surface area contributed by atoms with Gasteiger partial charge in [0.1, 0.15) is 6.33 Å². The molecule has 0 radical (unpaired) electrons. The molecule has 0 amide bonds. The number of nitro groups is 1. The van der Waals surface area contributed by atoms with Gasteiger partial charge in [0, 0.05) is 16.8 Å². The lowest BCUT2D eigenvalue weighted by atomic mass is 10.1. The topological polar surface area (TPSA) is 93.0 Å². The number of fused-ring (bicyclic) bond motifs is 1. The summed E-state index contributed by atoms with van der Waals surface area (Å²) >= 11 is 12.0. The standard InChI is InChI=1S/C20H13Cl2N5O2/c21-15-9-8-13(10-16(15)22)25-19-18(27(28)29)20(24-11-23-19)26-17-7-3-5-12-4-1-2-6-14(12)17/h1-11H,(H2,23,24,25,26). The van der Waals surface area contributed by atoms with E-state index in [9.17, 15) is 10.1 Å². The van der Waals surface area contributed by atoms with E-state index in [1.165, 1.54) is 6.33 Å². The van der Waals surface area contributed by atoms with Gasteiger partial charge < -0.3 is 10.6 Å². The van der Waals surface area contributed by atoms with Crippen LogP contribution in [0.15, 0.2) is 67.0 Å². The van der Waals surface area contributed by atoms with E-state index in [4.69, 9.17) is 23.2 Å². The zero-order chi connectivity index (χ0) is 20.4. The fourth-order valence-electron chi connectivity index (χ4n) is 2.91. The lowest BCUT2D eigenvalue weighted by molar-refractivity contribution is -0.383. The maximum absolute atomic E-state index is 11.8. The van der Waals surface area contributed by atoms with Crippen LogP contribution < -0.4 is 10.6 Å². The first kappa shape index (κ1) is 18.9. The van der Waals surface area contributed by atoms with Crippen molar-refractivity contribution in [2.45, 2.75) is 0 Å². The first-order valence-corrected chi connectivity index (χ1v) is 9.25. The third-order valence-electron chi connectivity index (χ3n) is 4.23. The van der Waals surface area contributed by atoms with Gasteiger partial charge in [-0.05, 0) is 29.7 Å². The average molecular weight is 426 g/mol. The summed E-state index contributed by atoms with van der Waals surface area (Å²) in [6.45, 7) is 0. The van der Waals surface area contributed by atoms with Crippen molar-refractivity contribution in [3.8, 4) is 0 Å². The minimum absolute atomic E-state index is 0.0334. The molecule has 0 saturated carbocycles. The molecule has 1 heterocycles. The molecule has 0 bridgehead atoms. The number of hydrogen-bond donors (Lipinski definition) is 2. The van der Waals surface area contributed by atoms with Crippen LogP contribution in [0.5, 0.6) is 0 Å². The molecule has 4 aromatic rings. The van der Waals surface area contributed by atoms with Crippen LogP contribution >= 0.6 is 23.2 Å². The first-order valence-electron chi connectivity index (χ1n) is 8.49. The summed E-state index contributed by atoms with van der Waals surface area (Å²) < 4.78 is 0. The van der Waals surface area contributed by atoms with E-state index in [1.807, 2.05) is 42.5 Å². The van der Waals surface area contributed by atoms with Crippen molar-refractivity contribution >= 4 is 62.7 Å². The Balaban J connectivity index is 1.75. The molecule has 2 N–H and O–H groups in total. The molecule has 0 fully saturated rings. The van der Waals surface area contributed by atoms with E-state index in [2.05, 4.69) is 20.6 Å². The van der Waals surface area contributed by atoms with Crippen LogP contribution in [0, 0.1) is 10.1 Å². The monoisotopic (exact) mass is 425 g/mol. The van der Waals surface area contributed by atoms with Crippen LogP contribution in [-0.2, 0) is 0 Å². The maximum atomic E-state index is 11.8. The predicted molar refractivity (Wildman–Crippen MR) is 116 cm³/mol. The highest BCUT2D eigenvalue weighted by Gasteiger charge is 2.24. The van der Waals surface area contributed by atoms with Crippen molar-refractivity contribution in [1.82, 2.24) is 9.97 Å². The van der Waals surface area contributed by atoms with Gasteiger partial charge in [0.25, 0.3) is 0 Å². The molecule has 0 aliphatic rings. The summed E-state index contributed by atoms with van der Waals surface area (Å²) in [4.78, 5) is 19.4. The van der Waals surface area contributed by atoms with Crippen LogP contribution in [0.1, 0.15) is 0 Å². The van der Waals surface area contributed by atoms with E-state index >= 15 is 0 Å². The molecule has 29 heavy (non-hydrogen) atoms. The Morgan fingerprint density at radius 3 is 2.34 bits per heavy atom. The number of nitrogens with zero attached hydrogens (tertiary/aromatic N) is 3. The third kappa shape index (κ3) is 3.91. The van der Waals surface area contributed by atoms with Gasteiger partial charge in [-0.2, -0.15) is 0 Å². The molecule has 0 unspecified atom stereocenters. The fourth-order valence-corrected chi connectivity index (χ4v) is 3.21. The van der Waals surface area contributed by atoms with Gasteiger partial charge >= 0.3 is 5.69 Å². The molecule has 0 atom stereocenters. The second kappa shape index (κ2) is 7.90. The van der Waals surface area contributed by atoms with Crippen molar-refractivity contribution in [2.75, 3.05) is 10.6 Å². The third-order valence-corrected chi connectivity index (χ3v) is 4.97. The van der Waals surface area contributed by atoms with E-state index in [-0.39, 0.29) is 17.3 Å². The molecular formula is C20H13Cl2N5O2. The van der Waals surface area contributed by atoms with Gasteiger partial charge in [0.15, 0.2) is 0 Å². The molecule has 0 aliphatic carbocycles. The molecule has 144 valence electrons. The highest BCUT2D eigenvalue weighted by atomic mass is 35.5. The maximum Gasteiger partial charge on any atom is 0.353 e. The Labute approximate surface area is 175 Å². The summed E-state index contributed by atoms with van der Waals surface area (Å²) in [7, 11) is 0. The predicted octanol–water partition coefficient (Wildman–Crippen LogP) is 6.33. The quantitative estimate of drug-likeness (QED) is 0.286. The average Bonchev–Trinajstić information content (AvgIpc) is 2.71. The van der Waals surface area contributed by atoms with Crippen LogP contribution in [0.25, 0.3) is 10.8 Å². The summed E-state index contributed by atoms with van der Waals surface area (Å²) in [6, 6.07) is 18.2. The highest BCUT2D eigenvalue weighted by molar-refractivity contribution is 6.42. The van der Waals surface area contributed by atoms with E-state index in [0.29, 0.717) is 21.4 Å². The van der Waals surface area contributed by atoms with Gasteiger partial charge in [0.05, 0.1) is 15.0 Å². The molecule has 7 nitrogen and oxygen atoms in total. The number of hydrogen-bond acceptors (Lipinski definition) is 6. The molecule has 0 aliphatic heterocycles. The van der Waals surface area contributed by atoms with Gasteiger partial charge in [-0.15, -0.1) is 0 Å². The van der Waals surface area contributed by atoms with Crippen molar-refractivity contribution in [3.63, 3.8) is 0 Å². The zero-order valence-corrected chi connectivity index (χ0v) is 16.3. The summed E-state index contributed by atoms with van der Waals surface area (Å²) in [5.41, 5.74) is 0.925. The van der Waals surface area contributed by atoms with Crippen LogP contribution in [-0.4, -0.2) is 14.9 Å². The Morgan fingerprint density at radius 2 is 1.59 bits per heavy atom. The van der Waals surface area contributed by atoms with E-state index in [0.717, 1.165) is 10.8 Å². The summed E-state index contributed by atoms with van der Waals surface area (Å²) in [6.07, 6.45) is 1.25. The van der Waals surface area contributed by atoms with Gasteiger partial charge in [-0.25, -0.2) is 9.97 Å². The second-order valence-corrected chi connectivity index (χ2v) is 6.90. The molecule has 0 saturated heterocycles. The lowest BCUT2D eigenvalue weighted by Crippen LogP contribution is -2.05. The number of benzene rings is 3. The normalized spacial score (nSPS) is 10.7. The van der Waals surface area contributed by atoms with Crippen LogP contribution in [0.2, 0.25) is 10.0 Å². The molecule has 1 aromatic heterocycles. The number of rotatable bonds is 5. The van der Waals surface area contributed by atoms with Gasteiger partial charge in [0.2, 0.25) is 11.6 Å². The molecule has 9 heteroatoms. The largest absolute Gasteiger partial charge is 0.353 e. The Bertz CT molecular complexity index is 1230. The Hall–Kier alpha value is -3.42. The van der Waals surface area contributed by atoms with Gasteiger partial charge in [-0.1, -0.05) is 59.6 Å². The highest BCUT2D eigenvalue weighted by Crippen LogP contribution is 2.35. The molecular weight excluding hydrogens is 413 g/mol. The Kier molecular flexibility index (Phi) is 5.16. The van der Waals surface area contributed by atoms with Crippen LogP contribution in [0.3, 0.4) is 0 Å². The number of aromatic nitrogens is 2. The zero-order valence-electron chi connectivity index (χ0n) is 14.8. The number of nitrogens with one attached hydrogen (secondary N) is 2. The molecule has 3 aromatic carbocycles. The van der Waals surface area contributed by atoms with Crippen molar-refractivity contribution in [1.29, 1.82) is 0 Å². The molecule has 4 rings (SSSR count). The first-order chi connectivity index (χ1) is 14.0. The van der Waals surface area contributed by atoms with E-state index in [1.54, 1.807) is 18.2 Å². The number of anilines is 4. The van der Waals surface area contributed by atoms with Crippen LogP contribution in [0.4, 0.5) is 28.7 Å². The van der Waals surface area contributed by atoms with Crippen molar-refractivity contribution in [2.24, 2.45) is 0 Å². The fraction of sp³-hybridized carbons (Fsp3) is 0. The van der Waals surface area contributed by atoms with E-state index < -0.39 is 4.92 Å². The van der Waals surface area contributed by atoms with Crippen molar-refractivity contribution < 1.29 is 4.92 Å². The minimum Gasteiger partial charge on any atom is -0.334 e. The summed E-state index contributed by atoms with van der Waals surface area (Å²) in [5.74, 6) is 0.107. The summed E-state index contributed by atoms with van der Waals surface area (Å²) in [5, 5.41) is 20.4. The lowest BCUT2D eigenvalue weighted by Gasteiger charge is -2.12. The van der Waals surface area contributed by atoms with Gasteiger partial charge in [-0.3, -0.25) is 10.1 Å². The Morgan fingerprint density at radius 1 is 0.862 bits per heavy atom. The second-order valence-electron chi connectivity index (χ2n) is 6.08. The number of halogens is 2. The van der Waals surface area contributed by atoms with Crippen molar-refractivity contribution in [3.05, 3.63) is 87.2 Å². The SMILES string of the molecule is O=[N+]([O-])c1c(Nc2ccc(Cl)c(Cl)c2)ncnc1Nc1cccc2ccccc12. The molecule has 0 spiro atoms. The minimum atomic E-state index is -0.534. The smallest absolute Gasteiger partial charge is 0.334 e.